The summed E-state index contributed by atoms with van der Waals surface area (Å²) in [4.78, 5) is 18.9. The molecule has 0 unspecified atom stereocenters. The Morgan fingerprint density at radius 1 is 1.00 bits per heavy atom. The fourth-order valence-electron chi connectivity index (χ4n) is 4.73. The van der Waals surface area contributed by atoms with E-state index < -0.39 is 0 Å². The van der Waals surface area contributed by atoms with Gasteiger partial charge in [-0.05, 0) is 42.3 Å². The molecule has 5 heteroatoms. The zero-order valence-electron chi connectivity index (χ0n) is 16.5. The summed E-state index contributed by atoms with van der Waals surface area (Å²) >= 11 is 0. The number of nitrogens with zero attached hydrogens (tertiary/aromatic N) is 1. The fraction of sp³-hybridized carbons (Fsp3) is 0.160. The largest absolute Gasteiger partial charge is 0.454 e. The number of hydrogen-bond donors (Lipinski definition) is 1. The first-order valence-corrected chi connectivity index (χ1v) is 10.1. The minimum atomic E-state index is -0.143. The van der Waals surface area contributed by atoms with E-state index >= 15 is 0 Å². The number of benzene rings is 3. The minimum Gasteiger partial charge on any atom is -0.454 e. The second-order valence-corrected chi connectivity index (χ2v) is 7.82. The zero-order valence-corrected chi connectivity index (χ0v) is 16.5. The van der Waals surface area contributed by atoms with Gasteiger partial charge in [0.2, 0.25) is 6.79 Å². The SMILES string of the molecule is Cc1[nH]c2ccccc2c1[C@H]1c2ccccc2C(=O)N1Cc1ccc2c(c1)OCO2. The lowest BCUT2D eigenvalue weighted by molar-refractivity contribution is 0.0736. The lowest BCUT2D eigenvalue weighted by Gasteiger charge is -2.26. The van der Waals surface area contributed by atoms with Crippen molar-refractivity contribution in [3.8, 4) is 11.5 Å². The molecule has 1 atom stereocenters. The van der Waals surface area contributed by atoms with Gasteiger partial charge in [0.1, 0.15) is 0 Å². The molecule has 2 aliphatic rings. The Morgan fingerprint density at radius 3 is 2.73 bits per heavy atom. The summed E-state index contributed by atoms with van der Waals surface area (Å²) in [6, 6.07) is 22.0. The van der Waals surface area contributed by atoms with Crippen LogP contribution in [0.15, 0.2) is 66.7 Å². The Labute approximate surface area is 173 Å². The van der Waals surface area contributed by atoms with Gasteiger partial charge in [0.15, 0.2) is 11.5 Å². The van der Waals surface area contributed by atoms with Gasteiger partial charge < -0.3 is 19.4 Å². The molecule has 30 heavy (non-hydrogen) atoms. The second-order valence-electron chi connectivity index (χ2n) is 7.82. The molecule has 0 fully saturated rings. The number of hydrogen-bond acceptors (Lipinski definition) is 3. The van der Waals surface area contributed by atoms with E-state index in [4.69, 9.17) is 9.47 Å². The van der Waals surface area contributed by atoms with Gasteiger partial charge in [-0.15, -0.1) is 0 Å². The van der Waals surface area contributed by atoms with Crippen molar-refractivity contribution in [1.29, 1.82) is 0 Å². The number of carbonyl (C=O) groups is 1. The van der Waals surface area contributed by atoms with Gasteiger partial charge in [-0.2, -0.15) is 0 Å². The number of H-pyrrole nitrogens is 1. The van der Waals surface area contributed by atoms with Crippen LogP contribution < -0.4 is 9.47 Å². The number of para-hydroxylation sites is 1. The molecule has 6 rings (SSSR count). The van der Waals surface area contributed by atoms with Crippen LogP contribution in [0.5, 0.6) is 11.5 Å². The number of fused-ring (bicyclic) bond motifs is 3. The van der Waals surface area contributed by atoms with Crippen molar-refractivity contribution in [2.45, 2.75) is 19.5 Å². The minimum absolute atomic E-state index is 0.0537. The maximum Gasteiger partial charge on any atom is 0.255 e. The van der Waals surface area contributed by atoms with Crippen molar-refractivity contribution in [3.05, 3.63) is 94.7 Å². The molecule has 0 bridgehead atoms. The summed E-state index contributed by atoms with van der Waals surface area (Å²) in [7, 11) is 0. The molecule has 0 radical (unpaired) electrons. The number of nitrogens with one attached hydrogen (secondary N) is 1. The Bertz CT molecular complexity index is 1310. The molecule has 1 N–H and O–H groups in total. The van der Waals surface area contributed by atoms with E-state index in [0.717, 1.165) is 50.3 Å². The molecule has 0 saturated heterocycles. The lowest BCUT2D eigenvalue weighted by atomic mass is 9.95. The van der Waals surface area contributed by atoms with Crippen molar-refractivity contribution in [3.63, 3.8) is 0 Å². The summed E-state index contributed by atoms with van der Waals surface area (Å²) in [5.74, 6) is 1.54. The topological polar surface area (TPSA) is 54.6 Å². The maximum absolute atomic E-state index is 13.4. The Balaban J connectivity index is 1.49. The first kappa shape index (κ1) is 17.2. The standard InChI is InChI=1S/C25H20N2O3/c1-15-23(19-8-4-5-9-20(19)26-15)24-17-6-2-3-7-18(17)25(28)27(24)13-16-10-11-21-22(12-16)30-14-29-21/h2-12,24,26H,13-14H2,1H3/t24-/m1/s1. The molecule has 4 aromatic rings. The first-order valence-electron chi connectivity index (χ1n) is 10.1. The number of amides is 1. The predicted octanol–water partition coefficient (Wildman–Crippen LogP) is 4.95. The van der Waals surface area contributed by atoms with Crippen LogP contribution in [0.4, 0.5) is 0 Å². The lowest BCUT2D eigenvalue weighted by Crippen LogP contribution is -2.28. The van der Waals surface area contributed by atoms with Crippen LogP contribution in [0.1, 0.15) is 38.8 Å². The molecule has 3 aromatic carbocycles. The normalized spacial score (nSPS) is 17.0. The zero-order chi connectivity index (χ0) is 20.2. The molecule has 0 spiro atoms. The van der Waals surface area contributed by atoms with Crippen LogP contribution in [0, 0.1) is 6.92 Å². The first-order chi connectivity index (χ1) is 14.7. The van der Waals surface area contributed by atoms with Gasteiger partial charge >= 0.3 is 0 Å². The summed E-state index contributed by atoms with van der Waals surface area (Å²) in [6.45, 7) is 2.82. The summed E-state index contributed by atoms with van der Waals surface area (Å²) in [5.41, 5.74) is 6.17. The summed E-state index contributed by atoms with van der Waals surface area (Å²) < 4.78 is 11.0. The van der Waals surface area contributed by atoms with Gasteiger partial charge in [0.05, 0.1) is 6.04 Å². The fourth-order valence-corrected chi connectivity index (χ4v) is 4.73. The number of aromatic amines is 1. The monoisotopic (exact) mass is 396 g/mol. The molecule has 5 nitrogen and oxygen atoms in total. The molecular weight excluding hydrogens is 376 g/mol. The quantitative estimate of drug-likeness (QED) is 0.533. The number of aromatic nitrogens is 1. The smallest absolute Gasteiger partial charge is 0.255 e. The van der Waals surface area contributed by atoms with Crippen LogP contribution in [0.25, 0.3) is 10.9 Å². The molecular formula is C25H20N2O3. The molecule has 0 saturated carbocycles. The molecule has 148 valence electrons. The van der Waals surface area contributed by atoms with Crippen LogP contribution in [0.3, 0.4) is 0 Å². The average Bonchev–Trinajstić information content (AvgIpc) is 3.43. The molecule has 1 aromatic heterocycles. The highest BCUT2D eigenvalue weighted by molar-refractivity contribution is 6.01. The molecule has 0 aliphatic carbocycles. The summed E-state index contributed by atoms with van der Waals surface area (Å²) in [6.07, 6.45) is 0. The van der Waals surface area contributed by atoms with Gasteiger partial charge in [-0.3, -0.25) is 4.79 Å². The van der Waals surface area contributed by atoms with Gasteiger partial charge in [-0.1, -0.05) is 42.5 Å². The van der Waals surface area contributed by atoms with Crippen molar-refractivity contribution >= 4 is 16.8 Å². The average molecular weight is 396 g/mol. The Hall–Kier alpha value is -3.73. The van der Waals surface area contributed by atoms with E-state index in [0.29, 0.717) is 6.54 Å². The number of carbonyl (C=O) groups excluding carboxylic acids is 1. The van der Waals surface area contributed by atoms with Crippen molar-refractivity contribution in [1.82, 2.24) is 9.88 Å². The van der Waals surface area contributed by atoms with Crippen LogP contribution in [0.2, 0.25) is 0 Å². The Kier molecular flexibility index (Phi) is 3.65. The second kappa shape index (κ2) is 6.39. The van der Waals surface area contributed by atoms with E-state index in [1.165, 1.54) is 0 Å². The predicted molar refractivity (Wildman–Crippen MR) is 114 cm³/mol. The molecule has 2 aliphatic heterocycles. The highest BCUT2D eigenvalue weighted by Crippen LogP contribution is 2.44. The van der Waals surface area contributed by atoms with Crippen LogP contribution in [-0.4, -0.2) is 22.6 Å². The maximum atomic E-state index is 13.4. The third-order valence-electron chi connectivity index (χ3n) is 6.07. The van der Waals surface area contributed by atoms with Gasteiger partial charge in [-0.25, -0.2) is 0 Å². The molecule has 1 amide bonds. The van der Waals surface area contributed by atoms with Gasteiger partial charge in [0, 0.05) is 34.3 Å². The highest BCUT2D eigenvalue weighted by atomic mass is 16.7. The van der Waals surface area contributed by atoms with Crippen LogP contribution in [-0.2, 0) is 6.54 Å². The van der Waals surface area contributed by atoms with E-state index in [1.807, 2.05) is 53.4 Å². The highest BCUT2D eigenvalue weighted by Gasteiger charge is 2.39. The van der Waals surface area contributed by atoms with E-state index in [1.54, 1.807) is 0 Å². The van der Waals surface area contributed by atoms with Crippen LogP contribution >= 0.6 is 0 Å². The van der Waals surface area contributed by atoms with E-state index in [-0.39, 0.29) is 18.7 Å². The third-order valence-corrected chi connectivity index (χ3v) is 6.07. The van der Waals surface area contributed by atoms with Crippen molar-refractivity contribution in [2.75, 3.05) is 6.79 Å². The van der Waals surface area contributed by atoms with Crippen molar-refractivity contribution < 1.29 is 14.3 Å². The summed E-state index contributed by atoms with van der Waals surface area (Å²) in [5, 5.41) is 1.15. The Morgan fingerprint density at radius 2 is 1.80 bits per heavy atom. The van der Waals surface area contributed by atoms with E-state index in [9.17, 15) is 4.79 Å². The number of ether oxygens (including phenoxy) is 2. The number of rotatable bonds is 3. The third kappa shape index (κ3) is 2.45. The van der Waals surface area contributed by atoms with E-state index in [2.05, 4.69) is 30.1 Å². The van der Waals surface area contributed by atoms with Crippen molar-refractivity contribution in [2.24, 2.45) is 0 Å². The van der Waals surface area contributed by atoms with Gasteiger partial charge in [0.25, 0.3) is 5.91 Å². The molecule has 3 heterocycles. The number of aryl methyl sites for hydroxylation is 1.